The van der Waals surface area contributed by atoms with E-state index < -0.39 is 0 Å². The first-order valence-corrected chi connectivity index (χ1v) is 11.6. The number of ether oxygens (including phenoxy) is 1. The average molecular weight is 418 g/mol. The van der Waals surface area contributed by atoms with Crippen LogP contribution in [0.4, 0.5) is 4.39 Å². The molecule has 2 heterocycles. The summed E-state index contributed by atoms with van der Waals surface area (Å²) < 4.78 is 23.5. The van der Waals surface area contributed by atoms with E-state index in [9.17, 15) is 9.18 Å². The van der Waals surface area contributed by atoms with E-state index >= 15 is 0 Å². The molecule has 2 aliphatic rings. The van der Waals surface area contributed by atoms with Gasteiger partial charge in [-0.25, -0.2) is 9.18 Å². The summed E-state index contributed by atoms with van der Waals surface area (Å²) in [6.45, 7) is 9.21. The molecule has 1 aromatic heterocycles. The second-order valence-electron chi connectivity index (χ2n) is 9.59. The number of rotatable bonds is 5. The number of aromatic nitrogens is 2. The quantitative estimate of drug-likeness (QED) is 0.716. The number of likely N-dealkylation sites (tertiary alicyclic amines) is 1. The number of fused-ring (bicyclic) bond motifs is 1. The molecule has 166 valence electrons. The summed E-state index contributed by atoms with van der Waals surface area (Å²) in [5, 5.41) is 0. The lowest BCUT2D eigenvalue weighted by Crippen LogP contribution is -2.53. The first-order chi connectivity index (χ1) is 14.3. The Bertz CT molecular complexity index is 947. The number of imidazole rings is 1. The zero-order valence-electron chi connectivity index (χ0n) is 18.9. The van der Waals surface area contributed by atoms with Crippen molar-refractivity contribution >= 4 is 11.0 Å². The number of halogens is 1. The highest BCUT2D eigenvalue weighted by Gasteiger charge is 2.38. The van der Waals surface area contributed by atoms with E-state index in [2.05, 4.69) is 18.7 Å². The number of benzene rings is 1. The van der Waals surface area contributed by atoms with Crippen LogP contribution < -0.4 is 5.69 Å². The van der Waals surface area contributed by atoms with Crippen LogP contribution in [0.1, 0.15) is 70.4 Å². The van der Waals surface area contributed by atoms with Gasteiger partial charge in [0.2, 0.25) is 0 Å². The third-order valence-corrected chi connectivity index (χ3v) is 7.53. The summed E-state index contributed by atoms with van der Waals surface area (Å²) in [7, 11) is 1.74. The molecule has 0 N–H and O–H groups in total. The number of hydrogen-bond acceptors (Lipinski definition) is 3. The Morgan fingerprint density at radius 2 is 1.80 bits per heavy atom. The van der Waals surface area contributed by atoms with Gasteiger partial charge in [0.05, 0.1) is 17.1 Å². The molecule has 0 atom stereocenters. The molecule has 0 radical (unpaired) electrons. The van der Waals surface area contributed by atoms with Crippen molar-refractivity contribution in [2.24, 2.45) is 7.05 Å². The lowest BCUT2D eigenvalue weighted by Gasteiger charge is -2.48. The van der Waals surface area contributed by atoms with Gasteiger partial charge in [-0.15, -0.1) is 0 Å². The van der Waals surface area contributed by atoms with Crippen molar-refractivity contribution in [3.05, 3.63) is 34.0 Å². The van der Waals surface area contributed by atoms with Crippen LogP contribution in [-0.2, 0) is 11.8 Å². The number of aryl methyl sites for hydroxylation is 2. The van der Waals surface area contributed by atoms with Crippen LogP contribution >= 0.6 is 0 Å². The molecule has 30 heavy (non-hydrogen) atoms. The minimum absolute atomic E-state index is 0.0340. The summed E-state index contributed by atoms with van der Waals surface area (Å²) in [6, 6.07) is 3.50. The molecule has 1 aromatic carbocycles. The van der Waals surface area contributed by atoms with Gasteiger partial charge in [-0.2, -0.15) is 0 Å². The van der Waals surface area contributed by atoms with Crippen molar-refractivity contribution in [3.8, 4) is 0 Å². The van der Waals surface area contributed by atoms with Crippen molar-refractivity contribution in [3.63, 3.8) is 0 Å². The second kappa shape index (κ2) is 8.46. The highest BCUT2D eigenvalue weighted by molar-refractivity contribution is 5.77. The van der Waals surface area contributed by atoms with Crippen molar-refractivity contribution in [1.29, 1.82) is 0 Å². The molecule has 1 aliphatic carbocycles. The predicted molar refractivity (Wildman–Crippen MR) is 119 cm³/mol. The molecule has 4 rings (SSSR count). The summed E-state index contributed by atoms with van der Waals surface area (Å²) in [6.07, 6.45) is 8.07. The fraction of sp³-hybridized carbons (Fsp3) is 0.708. The number of nitrogens with zero attached hydrogens (tertiary/aromatic N) is 3. The van der Waals surface area contributed by atoms with Gasteiger partial charge in [0, 0.05) is 44.4 Å². The Morgan fingerprint density at radius 1 is 1.13 bits per heavy atom. The molecule has 2 aromatic rings. The highest BCUT2D eigenvalue weighted by Crippen LogP contribution is 2.38. The summed E-state index contributed by atoms with van der Waals surface area (Å²) in [5.41, 5.74) is 2.34. The van der Waals surface area contributed by atoms with Crippen molar-refractivity contribution in [2.75, 3.05) is 19.7 Å². The average Bonchev–Trinajstić information content (AvgIpc) is 2.98. The second-order valence-corrected chi connectivity index (χ2v) is 9.59. The maximum absolute atomic E-state index is 14.1. The minimum atomic E-state index is -0.253. The van der Waals surface area contributed by atoms with E-state index in [1.165, 1.54) is 18.9 Å². The first-order valence-electron chi connectivity index (χ1n) is 11.6. The van der Waals surface area contributed by atoms with Gasteiger partial charge in [-0.1, -0.05) is 6.92 Å². The fourth-order valence-corrected chi connectivity index (χ4v) is 5.48. The van der Waals surface area contributed by atoms with Crippen LogP contribution in [0.2, 0.25) is 0 Å². The Morgan fingerprint density at radius 3 is 2.43 bits per heavy atom. The number of piperidine rings is 1. The van der Waals surface area contributed by atoms with Crippen LogP contribution in [0, 0.1) is 12.7 Å². The summed E-state index contributed by atoms with van der Waals surface area (Å²) in [4.78, 5) is 15.6. The molecule has 0 amide bonds. The lowest BCUT2D eigenvalue weighted by atomic mass is 9.79. The molecule has 0 unspecified atom stereocenters. The fourth-order valence-electron chi connectivity index (χ4n) is 5.48. The minimum Gasteiger partial charge on any atom is -0.378 e. The Labute approximate surface area is 178 Å². The van der Waals surface area contributed by atoms with Crippen LogP contribution in [0.15, 0.2) is 16.9 Å². The largest absolute Gasteiger partial charge is 0.378 e. The van der Waals surface area contributed by atoms with Crippen molar-refractivity contribution in [1.82, 2.24) is 14.0 Å². The predicted octanol–water partition coefficient (Wildman–Crippen LogP) is 4.55. The molecule has 0 spiro atoms. The van der Waals surface area contributed by atoms with E-state index in [4.69, 9.17) is 4.74 Å². The van der Waals surface area contributed by atoms with Crippen LogP contribution in [0.5, 0.6) is 0 Å². The van der Waals surface area contributed by atoms with E-state index in [1.54, 1.807) is 18.5 Å². The monoisotopic (exact) mass is 417 g/mol. The topological polar surface area (TPSA) is 39.4 Å². The molecule has 5 nitrogen and oxygen atoms in total. The van der Waals surface area contributed by atoms with Crippen molar-refractivity contribution < 1.29 is 9.13 Å². The lowest BCUT2D eigenvalue weighted by molar-refractivity contribution is -0.0305. The SMILES string of the molecule is CCCO[C@H]1CC[C@](C)(N2CCC(n3c(=O)n(C)c4cc(F)c(C)cc43)CC2)CC1. The highest BCUT2D eigenvalue weighted by atomic mass is 19.1. The van der Waals surface area contributed by atoms with Crippen LogP contribution in [-0.4, -0.2) is 45.4 Å². The maximum atomic E-state index is 14.1. The summed E-state index contributed by atoms with van der Waals surface area (Å²) >= 11 is 0. The normalized spacial score (nSPS) is 26.5. The van der Waals surface area contributed by atoms with Gasteiger partial charge < -0.3 is 4.74 Å². The summed E-state index contributed by atoms with van der Waals surface area (Å²) in [5.74, 6) is -0.253. The van der Waals surface area contributed by atoms with E-state index in [0.717, 1.165) is 57.3 Å². The van der Waals surface area contributed by atoms with Gasteiger partial charge in [-0.3, -0.25) is 14.0 Å². The van der Waals surface area contributed by atoms with Gasteiger partial charge >= 0.3 is 5.69 Å². The molecule has 6 heteroatoms. The maximum Gasteiger partial charge on any atom is 0.329 e. The van der Waals surface area contributed by atoms with Gasteiger partial charge in [0.1, 0.15) is 5.82 Å². The standard InChI is InChI=1S/C24H36FN3O2/c1-5-14-30-19-6-10-24(3,11-7-19)27-12-8-18(9-13-27)28-22-15-17(2)20(25)16-21(22)26(4)23(28)29/h15-16,18-19H,5-14H2,1-4H3/t19-,24-. The molecular weight excluding hydrogens is 381 g/mol. The Kier molecular flexibility index (Phi) is 6.08. The zero-order chi connectivity index (χ0) is 21.5. The molecule has 1 aliphatic heterocycles. The van der Waals surface area contributed by atoms with Crippen LogP contribution in [0.3, 0.4) is 0 Å². The molecule has 1 saturated carbocycles. The smallest absolute Gasteiger partial charge is 0.329 e. The molecular formula is C24H36FN3O2. The zero-order valence-corrected chi connectivity index (χ0v) is 18.9. The molecule has 0 bridgehead atoms. The first kappa shape index (κ1) is 21.6. The van der Waals surface area contributed by atoms with E-state index in [-0.39, 0.29) is 23.1 Å². The van der Waals surface area contributed by atoms with Crippen molar-refractivity contribution in [2.45, 2.75) is 83.4 Å². The van der Waals surface area contributed by atoms with Crippen LogP contribution in [0.25, 0.3) is 11.0 Å². The molecule has 2 fully saturated rings. The third-order valence-electron chi connectivity index (χ3n) is 7.53. The molecule has 1 saturated heterocycles. The van der Waals surface area contributed by atoms with E-state index in [0.29, 0.717) is 17.2 Å². The Balaban J connectivity index is 1.46. The van der Waals surface area contributed by atoms with Gasteiger partial charge in [0.25, 0.3) is 0 Å². The van der Waals surface area contributed by atoms with Gasteiger partial charge in [-0.05, 0) is 70.4 Å². The third kappa shape index (κ3) is 3.84. The number of hydrogen-bond donors (Lipinski definition) is 0. The Hall–Kier alpha value is -1.66. The van der Waals surface area contributed by atoms with Gasteiger partial charge in [0.15, 0.2) is 0 Å². The van der Waals surface area contributed by atoms with E-state index in [1.807, 2.05) is 10.6 Å².